The molecule has 1 amide bonds. The van der Waals surface area contributed by atoms with Crippen LogP contribution in [0.2, 0.25) is 0 Å². The Labute approximate surface area is 107 Å². The minimum Gasteiger partial charge on any atom is -0.494 e. The molecular formula is C13H20N2O3. The number of benzene rings is 1. The summed E-state index contributed by atoms with van der Waals surface area (Å²) in [6.07, 6.45) is 0. The lowest BCUT2D eigenvalue weighted by molar-refractivity contribution is -0.135. The van der Waals surface area contributed by atoms with Gasteiger partial charge in [-0.3, -0.25) is 9.80 Å². The van der Waals surface area contributed by atoms with Crippen molar-refractivity contribution in [1.82, 2.24) is 5.01 Å². The number of aryl methyl sites for hydroxylation is 1. The number of hydrazine groups is 1. The van der Waals surface area contributed by atoms with E-state index in [4.69, 9.17) is 15.3 Å². The lowest BCUT2D eigenvalue weighted by atomic mass is 10.1. The Morgan fingerprint density at radius 1 is 1.44 bits per heavy atom. The minimum absolute atomic E-state index is 0.0146. The van der Waals surface area contributed by atoms with E-state index in [1.807, 2.05) is 32.0 Å². The molecule has 0 aliphatic rings. The number of rotatable bonds is 6. The Kier molecular flexibility index (Phi) is 5.61. The third kappa shape index (κ3) is 4.35. The number of likely N-dealkylation sites (N-methyl/N-ethyl adjacent to an activating group) is 1. The van der Waals surface area contributed by atoms with E-state index in [1.165, 1.54) is 7.05 Å². The zero-order valence-electron chi connectivity index (χ0n) is 11.1. The molecule has 0 aliphatic heterocycles. The Hall–Kier alpha value is -1.59. The summed E-state index contributed by atoms with van der Waals surface area (Å²) in [5.41, 5.74) is 2.06. The van der Waals surface area contributed by atoms with Gasteiger partial charge < -0.3 is 9.47 Å². The van der Waals surface area contributed by atoms with Gasteiger partial charge in [-0.05, 0) is 31.0 Å². The summed E-state index contributed by atoms with van der Waals surface area (Å²) >= 11 is 0. The van der Waals surface area contributed by atoms with Gasteiger partial charge >= 0.3 is 0 Å². The second-order valence-corrected chi connectivity index (χ2v) is 4.03. The van der Waals surface area contributed by atoms with E-state index >= 15 is 0 Å². The standard InChI is InChI=1S/C13H20N2O3/c1-4-18-12-6-5-11(7-10(12)2)8-17-9-13(16)15(3)14/h5-7H,4,8-9,14H2,1-3H3. The zero-order valence-corrected chi connectivity index (χ0v) is 11.1. The average Bonchev–Trinajstić information content (AvgIpc) is 2.32. The highest BCUT2D eigenvalue weighted by molar-refractivity contribution is 5.76. The molecule has 1 aromatic carbocycles. The van der Waals surface area contributed by atoms with E-state index in [-0.39, 0.29) is 12.5 Å². The smallest absolute Gasteiger partial charge is 0.262 e. The van der Waals surface area contributed by atoms with Crippen molar-refractivity contribution in [3.8, 4) is 5.75 Å². The summed E-state index contributed by atoms with van der Waals surface area (Å²) in [5, 5.41) is 1.02. The molecule has 0 aromatic heterocycles. The number of carbonyl (C=O) groups is 1. The fraction of sp³-hybridized carbons (Fsp3) is 0.462. The lowest BCUT2D eigenvalue weighted by Gasteiger charge is -2.11. The monoisotopic (exact) mass is 252 g/mol. The van der Waals surface area contributed by atoms with Crippen LogP contribution in [0.1, 0.15) is 18.1 Å². The number of nitrogens with zero attached hydrogens (tertiary/aromatic N) is 1. The van der Waals surface area contributed by atoms with Gasteiger partial charge in [0.05, 0.1) is 13.2 Å². The van der Waals surface area contributed by atoms with Crippen molar-refractivity contribution < 1.29 is 14.3 Å². The molecule has 18 heavy (non-hydrogen) atoms. The first-order valence-electron chi connectivity index (χ1n) is 5.86. The van der Waals surface area contributed by atoms with E-state index in [9.17, 15) is 4.79 Å². The van der Waals surface area contributed by atoms with Crippen LogP contribution in [-0.2, 0) is 16.1 Å². The highest BCUT2D eigenvalue weighted by Gasteiger charge is 2.05. The fourth-order valence-corrected chi connectivity index (χ4v) is 1.48. The van der Waals surface area contributed by atoms with E-state index in [2.05, 4.69) is 0 Å². The van der Waals surface area contributed by atoms with Crippen molar-refractivity contribution in [2.75, 3.05) is 20.3 Å². The van der Waals surface area contributed by atoms with Crippen molar-refractivity contribution in [1.29, 1.82) is 0 Å². The van der Waals surface area contributed by atoms with Crippen LogP contribution in [0.3, 0.4) is 0 Å². The van der Waals surface area contributed by atoms with Crippen molar-refractivity contribution in [3.63, 3.8) is 0 Å². The molecule has 5 heteroatoms. The van der Waals surface area contributed by atoms with Crippen LogP contribution in [-0.4, -0.2) is 31.2 Å². The van der Waals surface area contributed by atoms with Crippen LogP contribution in [0.25, 0.3) is 0 Å². The number of carbonyl (C=O) groups excluding carboxylic acids is 1. The van der Waals surface area contributed by atoms with Gasteiger partial charge in [-0.1, -0.05) is 12.1 Å². The lowest BCUT2D eigenvalue weighted by Crippen LogP contribution is -2.35. The van der Waals surface area contributed by atoms with E-state index in [1.54, 1.807) is 0 Å². The summed E-state index contributed by atoms with van der Waals surface area (Å²) in [5.74, 6) is 5.90. The molecule has 0 aliphatic carbocycles. The van der Waals surface area contributed by atoms with Crippen LogP contribution in [0.5, 0.6) is 5.75 Å². The Bertz CT molecular complexity index is 405. The second-order valence-electron chi connectivity index (χ2n) is 4.03. The molecule has 1 aromatic rings. The van der Waals surface area contributed by atoms with Crippen LogP contribution >= 0.6 is 0 Å². The molecule has 0 saturated heterocycles. The van der Waals surface area contributed by atoms with Gasteiger partial charge in [0.15, 0.2) is 0 Å². The van der Waals surface area contributed by atoms with Gasteiger partial charge in [-0.25, -0.2) is 5.84 Å². The molecule has 0 bridgehead atoms. The normalized spacial score (nSPS) is 10.2. The average molecular weight is 252 g/mol. The summed E-state index contributed by atoms with van der Waals surface area (Å²) in [7, 11) is 1.49. The summed E-state index contributed by atoms with van der Waals surface area (Å²) in [4.78, 5) is 11.2. The van der Waals surface area contributed by atoms with Crippen LogP contribution < -0.4 is 10.6 Å². The SMILES string of the molecule is CCOc1ccc(COCC(=O)N(C)N)cc1C. The second kappa shape index (κ2) is 6.98. The van der Waals surface area contributed by atoms with Gasteiger partial charge in [0.1, 0.15) is 12.4 Å². The summed E-state index contributed by atoms with van der Waals surface area (Å²) < 4.78 is 10.7. The van der Waals surface area contributed by atoms with E-state index < -0.39 is 0 Å². The minimum atomic E-state index is -0.252. The number of nitrogens with two attached hydrogens (primary N) is 1. The molecule has 0 saturated carbocycles. The van der Waals surface area contributed by atoms with E-state index in [0.717, 1.165) is 21.9 Å². The largest absolute Gasteiger partial charge is 0.494 e. The predicted molar refractivity (Wildman–Crippen MR) is 69.0 cm³/mol. The maximum absolute atomic E-state index is 11.2. The molecule has 5 nitrogen and oxygen atoms in total. The molecule has 2 N–H and O–H groups in total. The maximum atomic E-state index is 11.2. The maximum Gasteiger partial charge on any atom is 0.262 e. The van der Waals surface area contributed by atoms with Crippen molar-refractivity contribution in [2.24, 2.45) is 5.84 Å². The molecule has 0 atom stereocenters. The van der Waals surface area contributed by atoms with Gasteiger partial charge in [0, 0.05) is 7.05 Å². The van der Waals surface area contributed by atoms with Gasteiger partial charge in [-0.15, -0.1) is 0 Å². The van der Waals surface area contributed by atoms with Crippen LogP contribution in [0, 0.1) is 6.92 Å². The fourth-order valence-electron chi connectivity index (χ4n) is 1.48. The van der Waals surface area contributed by atoms with Gasteiger partial charge in [0.2, 0.25) is 0 Å². The highest BCUT2D eigenvalue weighted by Crippen LogP contribution is 2.19. The number of hydrogen-bond acceptors (Lipinski definition) is 4. The molecule has 0 spiro atoms. The quantitative estimate of drug-likeness (QED) is 0.470. The number of ether oxygens (including phenoxy) is 2. The van der Waals surface area contributed by atoms with Crippen molar-refractivity contribution in [2.45, 2.75) is 20.5 Å². The Morgan fingerprint density at radius 2 is 2.17 bits per heavy atom. The van der Waals surface area contributed by atoms with Crippen LogP contribution in [0.4, 0.5) is 0 Å². The third-order valence-corrected chi connectivity index (χ3v) is 2.43. The molecule has 0 unspecified atom stereocenters. The molecule has 0 radical (unpaired) electrons. The van der Waals surface area contributed by atoms with Crippen LogP contribution in [0.15, 0.2) is 18.2 Å². The first-order chi connectivity index (χ1) is 8.54. The summed E-state index contributed by atoms with van der Waals surface area (Å²) in [6, 6.07) is 5.82. The predicted octanol–water partition coefficient (Wildman–Crippen LogP) is 1.24. The van der Waals surface area contributed by atoms with Gasteiger partial charge in [-0.2, -0.15) is 0 Å². The van der Waals surface area contributed by atoms with Crippen molar-refractivity contribution >= 4 is 5.91 Å². The van der Waals surface area contributed by atoms with E-state index in [0.29, 0.717) is 13.2 Å². The number of hydrogen-bond donors (Lipinski definition) is 1. The molecule has 0 fully saturated rings. The molecular weight excluding hydrogens is 232 g/mol. The Balaban J connectivity index is 2.48. The molecule has 100 valence electrons. The third-order valence-electron chi connectivity index (χ3n) is 2.43. The Morgan fingerprint density at radius 3 is 2.72 bits per heavy atom. The molecule has 1 rings (SSSR count). The first-order valence-corrected chi connectivity index (χ1v) is 5.86. The van der Waals surface area contributed by atoms with Crippen molar-refractivity contribution in [3.05, 3.63) is 29.3 Å². The van der Waals surface area contributed by atoms with Gasteiger partial charge in [0.25, 0.3) is 5.91 Å². The molecule has 0 heterocycles. The first kappa shape index (κ1) is 14.5. The zero-order chi connectivity index (χ0) is 13.5. The summed E-state index contributed by atoms with van der Waals surface area (Å²) in [6.45, 7) is 4.94. The topological polar surface area (TPSA) is 64.8 Å². The number of amides is 1. The highest BCUT2D eigenvalue weighted by atomic mass is 16.5.